The summed E-state index contributed by atoms with van der Waals surface area (Å²) in [7, 11) is 1.58. The fraction of sp³-hybridized carbons (Fsp3) is 0.500. The van der Waals surface area contributed by atoms with Gasteiger partial charge in [-0.1, -0.05) is 0 Å². The number of rotatable bonds is 10. The molecule has 0 atom stereocenters. The third kappa shape index (κ3) is 5.81. The molecule has 0 bridgehead atoms. The summed E-state index contributed by atoms with van der Waals surface area (Å²) in [4.78, 5) is 20.2. The van der Waals surface area contributed by atoms with Gasteiger partial charge in [-0.05, 0) is 6.07 Å². The summed E-state index contributed by atoms with van der Waals surface area (Å²) in [5.41, 5.74) is -0.173. The fourth-order valence-electron chi connectivity index (χ4n) is 1.60. The molecule has 1 aromatic carbocycles. The summed E-state index contributed by atoms with van der Waals surface area (Å²) < 4.78 is 10.0. The number of methoxy groups -OCH3 is 1. The Morgan fingerprint density at radius 1 is 1.14 bits per heavy atom. The maximum absolute atomic E-state index is 10.9. The maximum Gasteiger partial charge on any atom is 0.280 e. The van der Waals surface area contributed by atoms with Gasteiger partial charge in [0.25, 0.3) is 11.4 Å². The Bertz CT molecular complexity index is 494. The van der Waals surface area contributed by atoms with Crippen molar-refractivity contribution in [3.05, 3.63) is 44.0 Å². The van der Waals surface area contributed by atoms with E-state index in [1.54, 1.807) is 7.11 Å². The SMILES string of the molecule is COCCOCCNCc1ccc([N+](=O)[O-])cc1[N+](=O)[O-]. The average Bonchev–Trinajstić information content (AvgIpc) is 2.46. The van der Waals surface area contributed by atoms with Crippen LogP contribution in [0.2, 0.25) is 0 Å². The van der Waals surface area contributed by atoms with Crippen LogP contribution in [0.4, 0.5) is 11.4 Å². The lowest BCUT2D eigenvalue weighted by Crippen LogP contribution is -2.20. The van der Waals surface area contributed by atoms with E-state index in [1.165, 1.54) is 12.1 Å². The van der Waals surface area contributed by atoms with E-state index in [0.717, 1.165) is 6.07 Å². The van der Waals surface area contributed by atoms with Crippen molar-refractivity contribution in [2.45, 2.75) is 6.54 Å². The quantitative estimate of drug-likeness (QED) is 0.392. The van der Waals surface area contributed by atoms with Gasteiger partial charge >= 0.3 is 0 Å². The van der Waals surface area contributed by atoms with E-state index < -0.39 is 9.85 Å². The van der Waals surface area contributed by atoms with Crippen molar-refractivity contribution in [3.8, 4) is 0 Å². The second-order valence-electron chi connectivity index (χ2n) is 4.11. The summed E-state index contributed by atoms with van der Waals surface area (Å²) in [6.45, 7) is 2.19. The van der Waals surface area contributed by atoms with Gasteiger partial charge in [0.15, 0.2) is 0 Å². The average molecular weight is 299 g/mol. The normalized spacial score (nSPS) is 10.5. The van der Waals surface area contributed by atoms with Crippen molar-refractivity contribution >= 4 is 11.4 Å². The molecule has 9 nitrogen and oxygen atoms in total. The number of hydrogen-bond donors (Lipinski definition) is 1. The van der Waals surface area contributed by atoms with Gasteiger partial charge in [0.1, 0.15) is 0 Å². The summed E-state index contributed by atoms with van der Waals surface area (Å²) >= 11 is 0. The Labute approximate surface area is 121 Å². The van der Waals surface area contributed by atoms with Crippen LogP contribution in [-0.2, 0) is 16.0 Å². The molecular weight excluding hydrogens is 282 g/mol. The number of nitrogens with one attached hydrogen (secondary N) is 1. The molecule has 0 aromatic heterocycles. The molecule has 21 heavy (non-hydrogen) atoms. The van der Waals surface area contributed by atoms with Crippen molar-refractivity contribution in [1.82, 2.24) is 5.32 Å². The number of nitro benzene ring substituents is 2. The van der Waals surface area contributed by atoms with Gasteiger partial charge in [0, 0.05) is 31.8 Å². The minimum absolute atomic E-state index is 0.238. The fourth-order valence-corrected chi connectivity index (χ4v) is 1.60. The topological polar surface area (TPSA) is 117 Å². The minimum atomic E-state index is -0.659. The minimum Gasteiger partial charge on any atom is -0.382 e. The number of hydrogen-bond acceptors (Lipinski definition) is 7. The Kier molecular flexibility index (Phi) is 7.23. The monoisotopic (exact) mass is 299 g/mol. The summed E-state index contributed by atoms with van der Waals surface area (Å²) in [6.07, 6.45) is 0. The largest absolute Gasteiger partial charge is 0.382 e. The third-order valence-electron chi connectivity index (χ3n) is 2.65. The first-order valence-electron chi connectivity index (χ1n) is 6.25. The van der Waals surface area contributed by atoms with E-state index in [-0.39, 0.29) is 17.9 Å². The van der Waals surface area contributed by atoms with Crippen LogP contribution in [-0.4, -0.2) is 43.3 Å². The van der Waals surface area contributed by atoms with Gasteiger partial charge in [-0.2, -0.15) is 0 Å². The molecule has 0 saturated carbocycles. The van der Waals surface area contributed by atoms with Crippen molar-refractivity contribution < 1.29 is 19.3 Å². The van der Waals surface area contributed by atoms with Crippen LogP contribution >= 0.6 is 0 Å². The van der Waals surface area contributed by atoms with Crippen LogP contribution in [0, 0.1) is 20.2 Å². The zero-order valence-electron chi connectivity index (χ0n) is 11.6. The summed E-state index contributed by atoms with van der Waals surface area (Å²) in [5.74, 6) is 0. The standard InChI is InChI=1S/C12H17N3O6/c1-20-6-7-21-5-4-13-9-10-2-3-11(14(16)17)8-12(10)15(18)19/h2-3,8,13H,4-7,9H2,1H3. The van der Waals surface area contributed by atoms with Crippen LogP contribution in [0.15, 0.2) is 18.2 Å². The second kappa shape index (κ2) is 8.95. The Hall–Kier alpha value is -2.10. The number of non-ortho nitro benzene ring substituents is 1. The van der Waals surface area contributed by atoms with E-state index in [2.05, 4.69) is 5.32 Å². The predicted octanol–water partition coefficient (Wildman–Crippen LogP) is 1.26. The molecule has 0 unspecified atom stereocenters. The van der Waals surface area contributed by atoms with Crippen LogP contribution in [0.1, 0.15) is 5.56 Å². The summed E-state index contributed by atoms with van der Waals surface area (Å²) in [5, 5.41) is 24.5. The first-order valence-corrected chi connectivity index (χ1v) is 6.25. The van der Waals surface area contributed by atoms with Gasteiger partial charge in [0.05, 0.1) is 35.7 Å². The molecule has 0 spiro atoms. The molecule has 1 N–H and O–H groups in total. The van der Waals surface area contributed by atoms with E-state index in [9.17, 15) is 20.2 Å². The molecule has 0 fully saturated rings. The Balaban J connectivity index is 2.51. The molecule has 1 aromatic rings. The van der Waals surface area contributed by atoms with Gasteiger partial charge in [-0.15, -0.1) is 0 Å². The highest BCUT2D eigenvalue weighted by Crippen LogP contribution is 2.24. The molecule has 116 valence electrons. The van der Waals surface area contributed by atoms with Crippen LogP contribution in [0.3, 0.4) is 0 Å². The van der Waals surface area contributed by atoms with E-state index in [1.807, 2.05) is 0 Å². The van der Waals surface area contributed by atoms with Crippen molar-refractivity contribution in [2.24, 2.45) is 0 Å². The highest BCUT2D eigenvalue weighted by molar-refractivity contribution is 5.49. The van der Waals surface area contributed by atoms with Crippen LogP contribution in [0.25, 0.3) is 0 Å². The first-order chi connectivity index (χ1) is 10.1. The summed E-state index contributed by atoms with van der Waals surface area (Å²) in [6, 6.07) is 3.60. The predicted molar refractivity (Wildman–Crippen MR) is 74.2 cm³/mol. The Morgan fingerprint density at radius 3 is 2.52 bits per heavy atom. The highest BCUT2D eigenvalue weighted by Gasteiger charge is 2.18. The number of nitrogens with zero attached hydrogens (tertiary/aromatic N) is 2. The highest BCUT2D eigenvalue weighted by atomic mass is 16.6. The molecular formula is C12H17N3O6. The lowest BCUT2D eigenvalue weighted by atomic mass is 10.1. The molecule has 0 aliphatic carbocycles. The zero-order valence-corrected chi connectivity index (χ0v) is 11.6. The zero-order chi connectivity index (χ0) is 15.7. The van der Waals surface area contributed by atoms with Crippen molar-refractivity contribution in [1.29, 1.82) is 0 Å². The van der Waals surface area contributed by atoms with Crippen molar-refractivity contribution in [3.63, 3.8) is 0 Å². The smallest absolute Gasteiger partial charge is 0.280 e. The first kappa shape index (κ1) is 17.0. The van der Waals surface area contributed by atoms with Gasteiger partial charge in [-0.25, -0.2) is 0 Å². The maximum atomic E-state index is 10.9. The van der Waals surface area contributed by atoms with Crippen LogP contribution < -0.4 is 5.32 Å². The molecule has 0 aliphatic rings. The lowest BCUT2D eigenvalue weighted by molar-refractivity contribution is -0.394. The molecule has 9 heteroatoms. The van der Waals surface area contributed by atoms with Gasteiger partial charge < -0.3 is 14.8 Å². The van der Waals surface area contributed by atoms with Crippen LogP contribution in [0.5, 0.6) is 0 Å². The number of ether oxygens (including phenoxy) is 2. The molecule has 0 saturated heterocycles. The molecule has 0 heterocycles. The Morgan fingerprint density at radius 2 is 1.90 bits per heavy atom. The molecule has 0 radical (unpaired) electrons. The number of benzene rings is 1. The molecule has 0 aliphatic heterocycles. The lowest BCUT2D eigenvalue weighted by Gasteiger charge is -2.06. The van der Waals surface area contributed by atoms with Gasteiger partial charge in [-0.3, -0.25) is 20.2 Å². The van der Waals surface area contributed by atoms with E-state index in [4.69, 9.17) is 9.47 Å². The number of nitro groups is 2. The second-order valence-corrected chi connectivity index (χ2v) is 4.11. The molecule has 0 amide bonds. The van der Waals surface area contributed by atoms with Crippen molar-refractivity contribution in [2.75, 3.05) is 33.5 Å². The third-order valence-corrected chi connectivity index (χ3v) is 2.65. The van der Waals surface area contributed by atoms with E-state index in [0.29, 0.717) is 31.9 Å². The van der Waals surface area contributed by atoms with E-state index >= 15 is 0 Å². The van der Waals surface area contributed by atoms with Gasteiger partial charge in [0.2, 0.25) is 0 Å². The molecule has 1 rings (SSSR count).